The van der Waals surface area contributed by atoms with Crippen molar-refractivity contribution < 1.29 is 0 Å². The fraction of sp³-hybridized carbons (Fsp3) is 0.857. The molecule has 1 heteroatoms. The zero-order valence-electron chi connectivity index (χ0n) is 10.2. The van der Waals surface area contributed by atoms with Crippen molar-refractivity contribution in [2.45, 2.75) is 56.9 Å². The summed E-state index contributed by atoms with van der Waals surface area (Å²) >= 11 is 0. The van der Waals surface area contributed by atoms with E-state index >= 15 is 0 Å². The lowest BCUT2D eigenvalue weighted by Gasteiger charge is -1.90. The van der Waals surface area contributed by atoms with Gasteiger partial charge in [-0.2, -0.15) is 0 Å². The van der Waals surface area contributed by atoms with Crippen LogP contribution >= 0.6 is 0 Å². The molecule has 0 spiro atoms. The molecular weight excluding hydrogens is 182 g/mol. The van der Waals surface area contributed by atoms with Crippen molar-refractivity contribution in [3.8, 4) is 0 Å². The first-order valence-electron chi connectivity index (χ1n) is 4.43. The molecule has 0 aliphatic carbocycles. The molecule has 0 aromatic rings. The topological polar surface area (TPSA) is 3.24 Å². The molecule has 0 heterocycles. The average molecular weight is 221 g/mol. The van der Waals surface area contributed by atoms with Crippen LogP contribution in [0.25, 0.3) is 0 Å². The van der Waals surface area contributed by atoms with Crippen LogP contribution in [0, 0.1) is 5.92 Å². The molecule has 0 aromatic carbocycles. The fourth-order valence-corrected chi connectivity index (χ4v) is 0. The van der Waals surface area contributed by atoms with Crippen molar-refractivity contribution in [2.24, 2.45) is 5.92 Å². The van der Waals surface area contributed by atoms with Crippen LogP contribution in [0.2, 0.25) is 0 Å². The number of hydrogen-bond donors (Lipinski definition) is 0. The lowest BCUT2D eigenvalue weighted by molar-refractivity contribution is 0.505. The van der Waals surface area contributed by atoms with E-state index in [9.17, 15) is 0 Å². The van der Waals surface area contributed by atoms with Gasteiger partial charge in [0.2, 0.25) is 0 Å². The minimum atomic E-state index is 0. The zero-order chi connectivity index (χ0) is 10.7. The van der Waals surface area contributed by atoms with Crippen molar-refractivity contribution in [2.75, 3.05) is 21.1 Å². The third kappa shape index (κ3) is 20800. The highest BCUT2D eigenvalue weighted by Gasteiger charge is 1.68. The van der Waals surface area contributed by atoms with Crippen LogP contribution in [0.15, 0.2) is 12.2 Å². The van der Waals surface area contributed by atoms with E-state index in [2.05, 4.69) is 27.4 Å². The summed E-state index contributed by atoms with van der Waals surface area (Å²) in [7, 11) is 6.00. The summed E-state index contributed by atoms with van der Waals surface area (Å²) in [4.78, 5) is 2.00. The molecule has 0 aliphatic rings. The molecule has 0 bridgehead atoms. The van der Waals surface area contributed by atoms with Gasteiger partial charge in [0.15, 0.2) is 0 Å². The molecule has 0 radical (unpaired) electrons. The second-order valence-electron chi connectivity index (χ2n) is 4.28. The summed E-state index contributed by atoms with van der Waals surface area (Å²) in [6, 6.07) is 0. The van der Waals surface area contributed by atoms with E-state index in [1.54, 1.807) is 0 Å². The van der Waals surface area contributed by atoms with Crippen LogP contribution in [0.1, 0.15) is 56.9 Å². The first-order chi connectivity index (χ1) is 5.20. The standard InChI is InChI=1S/C4H10.C4H8.C3H9N.3CH4/c3*1-4(2)3;;;/h4H,1-3H3;1H2,2-3H3;1-3H3;3*1H4. The van der Waals surface area contributed by atoms with Gasteiger partial charge in [0.1, 0.15) is 0 Å². The van der Waals surface area contributed by atoms with Crippen LogP contribution in [-0.4, -0.2) is 26.0 Å². The van der Waals surface area contributed by atoms with Crippen molar-refractivity contribution in [1.29, 1.82) is 0 Å². The van der Waals surface area contributed by atoms with Gasteiger partial charge in [0.25, 0.3) is 0 Å². The Balaban J connectivity index is -0.0000000184. The smallest absolute Gasteiger partial charge is 0.0140 e. The van der Waals surface area contributed by atoms with Gasteiger partial charge >= 0.3 is 0 Å². The predicted molar refractivity (Wildman–Crippen MR) is 80.8 cm³/mol. The molecule has 0 rings (SSSR count). The lowest BCUT2D eigenvalue weighted by Crippen LogP contribution is -1.99. The normalized spacial score (nSPS) is 6.53. The number of allylic oxidation sites excluding steroid dienone is 1. The maximum Gasteiger partial charge on any atom is -0.0140 e. The molecule has 1 nitrogen and oxygen atoms in total. The summed E-state index contributed by atoms with van der Waals surface area (Å²) < 4.78 is 0. The Kier molecular flexibility index (Phi) is 70.9. The Morgan fingerprint density at radius 1 is 0.867 bits per heavy atom. The van der Waals surface area contributed by atoms with Crippen LogP contribution in [0.3, 0.4) is 0 Å². The molecule has 0 aliphatic heterocycles. The molecule has 0 atom stereocenters. The minimum absolute atomic E-state index is 0. The monoisotopic (exact) mass is 221 g/mol. The summed E-state index contributed by atoms with van der Waals surface area (Å²) in [6.07, 6.45) is 0. The van der Waals surface area contributed by atoms with Crippen LogP contribution in [0.4, 0.5) is 0 Å². The molecule has 15 heavy (non-hydrogen) atoms. The predicted octanol–water partition coefficient (Wildman–Crippen LogP) is 5.33. The highest BCUT2D eigenvalue weighted by atomic mass is 15.0. The van der Waals surface area contributed by atoms with Gasteiger partial charge in [-0.15, -0.1) is 6.58 Å². The fourth-order valence-electron chi connectivity index (χ4n) is 0. The Labute approximate surface area is 102 Å². The van der Waals surface area contributed by atoms with Crippen LogP contribution < -0.4 is 0 Å². The second-order valence-corrected chi connectivity index (χ2v) is 4.28. The van der Waals surface area contributed by atoms with Crippen molar-refractivity contribution in [1.82, 2.24) is 4.90 Å². The first-order valence-corrected chi connectivity index (χ1v) is 4.43. The van der Waals surface area contributed by atoms with Gasteiger partial charge in [-0.25, -0.2) is 0 Å². The van der Waals surface area contributed by atoms with Crippen LogP contribution in [0.5, 0.6) is 0 Å². The molecule has 0 unspecified atom stereocenters. The van der Waals surface area contributed by atoms with E-state index in [-0.39, 0.29) is 22.3 Å². The molecule has 0 amide bonds. The van der Waals surface area contributed by atoms with Gasteiger partial charge in [0, 0.05) is 0 Å². The maximum absolute atomic E-state index is 3.56. The summed E-state index contributed by atoms with van der Waals surface area (Å²) in [5.41, 5.74) is 1.17. The Bertz CT molecular complexity index is 67.8. The number of nitrogens with zero attached hydrogens (tertiary/aromatic N) is 1. The van der Waals surface area contributed by atoms with E-state index in [0.717, 1.165) is 5.92 Å². The largest absolute Gasteiger partial charge is 0.312 e. The van der Waals surface area contributed by atoms with Gasteiger partial charge in [-0.05, 0) is 40.9 Å². The van der Waals surface area contributed by atoms with Gasteiger partial charge in [-0.1, -0.05) is 48.6 Å². The molecule has 0 N–H and O–H groups in total. The van der Waals surface area contributed by atoms with Crippen LogP contribution in [-0.2, 0) is 0 Å². The van der Waals surface area contributed by atoms with Crippen molar-refractivity contribution in [3.63, 3.8) is 0 Å². The van der Waals surface area contributed by atoms with Gasteiger partial charge < -0.3 is 4.90 Å². The van der Waals surface area contributed by atoms with E-state index in [0.29, 0.717) is 0 Å². The Morgan fingerprint density at radius 3 is 0.867 bits per heavy atom. The maximum atomic E-state index is 3.56. The zero-order valence-corrected chi connectivity index (χ0v) is 10.2. The first kappa shape index (κ1) is 36.5. The Morgan fingerprint density at radius 2 is 0.867 bits per heavy atom. The lowest BCUT2D eigenvalue weighted by atomic mass is 10.3. The quantitative estimate of drug-likeness (QED) is 0.500. The average Bonchev–Trinajstić information content (AvgIpc) is 1.54. The highest BCUT2D eigenvalue weighted by molar-refractivity contribution is 4.78. The van der Waals surface area contributed by atoms with Gasteiger partial charge in [-0.3, -0.25) is 0 Å². The molecule has 100 valence electrons. The van der Waals surface area contributed by atoms with Crippen molar-refractivity contribution in [3.05, 3.63) is 12.2 Å². The summed E-state index contributed by atoms with van der Waals surface area (Å²) in [6.45, 7) is 14.0. The molecular formula is C14H39N. The third-order valence-corrected chi connectivity index (χ3v) is 0. The Hall–Kier alpha value is -0.300. The van der Waals surface area contributed by atoms with Crippen molar-refractivity contribution >= 4 is 0 Å². The van der Waals surface area contributed by atoms with E-state index in [1.807, 2.05) is 39.9 Å². The highest BCUT2D eigenvalue weighted by Crippen LogP contribution is 1.81. The molecule has 0 aromatic heterocycles. The van der Waals surface area contributed by atoms with Gasteiger partial charge in [0.05, 0.1) is 0 Å². The molecule has 0 saturated heterocycles. The third-order valence-electron chi connectivity index (χ3n) is 0. The minimum Gasteiger partial charge on any atom is -0.312 e. The second kappa shape index (κ2) is 29.2. The van der Waals surface area contributed by atoms with E-state index in [1.165, 1.54) is 5.57 Å². The van der Waals surface area contributed by atoms with E-state index < -0.39 is 0 Å². The molecule has 0 saturated carbocycles. The van der Waals surface area contributed by atoms with E-state index in [4.69, 9.17) is 0 Å². The molecule has 0 fully saturated rings. The number of rotatable bonds is 0. The number of hydrogen-bond acceptors (Lipinski definition) is 1. The summed E-state index contributed by atoms with van der Waals surface area (Å²) in [5, 5.41) is 0. The summed E-state index contributed by atoms with van der Waals surface area (Å²) in [5.74, 6) is 0.833. The SMILES string of the molecule is C.C.C.C=C(C)C.CC(C)C.CN(C)C.